The molecule has 19 heavy (non-hydrogen) atoms. The molecule has 0 N–H and O–H groups in total. The van der Waals surface area contributed by atoms with Crippen molar-refractivity contribution in [1.29, 1.82) is 0 Å². The smallest absolute Gasteiger partial charge is 0.140 e. The normalized spacial score (nSPS) is 21.0. The van der Waals surface area contributed by atoms with E-state index in [0.717, 1.165) is 31.6 Å². The van der Waals surface area contributed by atoms with E-state index >= 15 is 0 Å². The van der Waals surface area contributed by atoms with Crippen molar-refractivity contribution in [3.05, 3.63) is 29.8 Å². The molecule has 1 aliphatic carbocycles. The fourth-order valence-corrected chi connectivity index (χ4v) is 3.24. The van der Waals surface area contributed by atoms with E-state index in [1.165, 1.54) is 5.56 Å². The molecule has 2 heteroatoms. The summed E-state index contributed by atoms with van der Waals surface area (Å²) in [5, 5.41) is 0. The predicted octanol–water partition coefficient (Wildman–Crippen LogP) is 4.34. The number of Topliss-reactive ketones (excluding diaryl/α,β-unsaturated/α-hetero) is 1. The molecule has 1 saturated carbocycles. The summed E-state index contributed by atoms with van der Waals surface area (Å²) in [5.74, 6) is 1.76. The first-order valence-corrected chi connectivity index (χ1v) is 7.44. The molecule has 2 nitrogen and oxygen atoms in total. The van der Waals surface area contributed by atoms with Crippen LogP contribution in [0.1, 0.15) is 57.9 Å². The SMILES string of the molecule is CCCOc1ccc(C2CC(=O)C2(CC)CC)cc1. The van der Waals surface area contributed by atoms with E-state index in [2.05, 4.69) is 32.9 Å². The number of hydrogen-bond donors (Lipinski definition) is 0. The second-order valence-electron chi connectivity index (χ2n) is 5.46. The van der Waals surface area contributed by atoms with Crippen molar-refractivity contribution in [2.75, 3.05) is 6.61 Å². The molecule has 1 unspecified atom stereocenters. The van der Waals surface area contributed by atoms with Crippen LogP contribution in [-0.2, 0) is 4.79 Å². The van der Waals surface area contributed by atoms with Crippen LogP contribution in [0, 0.1) is 5.41 Å². The van der Waals surface area contributed by atoms with Crippen molar-refractivity contribution in [1.82, 2.24) is 0 Å². The summed E-state index contributed by atoms with van der Waals surface area (Å²) in [6, 6.07) is 8.32. The highest BCUT2D eigenvalue weighted by molar-refractivity contribution is 5.93. The second kappa shape index (κ2) is 5.77. The van der Waals surface area contributed by atoms with Gasteiger partial charge in [-0.2, -0.15) is 0 Å². The van der Waals surface area contributed by atoms with Gasteiger partial charge in [0.15, 0.2) is 0 Å². The zero-order chi connectivity index (χ0) is 13.9. The van der Waals surface area contributed by atoms with Crippen molar-refractivity contribution >= 4 is 5.78 Å². The molecule has 104 valence electrons. The van der Waals surface area contributed by atoms with Gasteiger partial charge in [0.05, 0.1) is 6.61 Å². The van der Waals surface area contributed by atoms with Crippen LogP contribution in [0.2, 0.25) is 0 Å². The Morgan fingerprint density at radius 2 is 1.79 bits per heavy atom. The van der Waals surface area contributed by atoms with Crippen LogP contribution in [-0.4, -0.2) is 12.4 Å². The third kappa shape index (κ3) is 2.41. The molecular formula is C17H24O2. The first kappa shape index (κ1) is 14.1. The maximum absolute atomic E-state index is 12.0. The Bertz CT molecular complexity index is 429. The molecule has 0 spiro atoms. The molecule has 1 aliphatic rings. The van der Waals surface area contributed by atoms with Crippen LogP contribution in [0.3, 0.4) is 0 Å². The molecule has 0 bridgehead atoms. The summed E-state index contributed by atoms with van der Waals surface area (Å²) in [5.41, 5.74) is 1.18. The van der Waals surface area contributed by atoms with Gasteiger partial charge in [0.2, 0.25) is 0 Å². The lowest BCUT2D eigenvalue weighted by atomic mass is 9.54. The summed E-state index contributed by atoms with van der Waals surface area (Å²) in [6.07, 6.45) is 3.62. The number of ether oxygens (including phenoxy) is 1. The predicted molar refractivity (Wildman–Crippen MR) is 77.6 cm³/mol. The Morgan fingerprint density at radius 3 is 2.26 bits per heavy atom. The van der Waals surface area contributed by atoms with Crippen molar-refractivity contribution in [3.63, 3.8) is 0 Å². The minimum atomic E-state index is -0.105. The molecule has 0 saturated heterocycles. The number of ketones is 1. The Balaban J connectivity index is 2.12. The minimum absolute atomic E-state index is 0.105. The van der Waals surface area contributed by atoms with Gasteiger partial charge < -0.3 is 4.74 Å². The van der Waals surface area contributed by atoms with Crippen LogP contribution >= 0.6 is 0 Å². The van der Waals surface area contributed by atoms with Gasteiger partial charge in [-0.1, -0.05) is 32.9 Å². The fourth-order valence-electron chi connectivity index (χ4n) is 3.24. The van der Waals surface area contributed by atoms with E-state index in [1.807, 2.05) is 12.1 Å². The summed E-state index contributed by atoms with van der Waals surface area (Å²) in [6.45, 7) is 7.12. The number of benzene rings is 1. The van der Waals surface area contributed by atoms with E-state index in [-0.39, 0.29) is 5.41 Å². The summed E-state index contributed by atoms with van der Waals surface area (Å²) < 4.78 is 5.60. The maximum Gasteiger partial charge on any atom is 0.140 e. The Hall–Kier alpha value is -1.31. The van der Waals surface area contributed by atoms with Gasteiger partial charge in [-0.15, -0.1) is 0 Å². The van der Waals surface area contributed by atoms with E-state index in [4.69, 9.17) is 4.74 Å². The van der Waals surface area contributed by atoms with Crippen LogP contribution in [0.25, 0.3) is 0 Å². The average Bonchev–Trinajstić information content (AvgIpc) is 2.45. The van der Waals surface area contributed by atoms with Crippen LogP contribution in [0.15, 0.2) is 24.3 Å². The fraction of sp³-hybridized carbons (Fsp3) is 0.588. The van der Waals surface area contributed by atoms with Gasteiger partial charge in [0.25, 0.3) is 0 Å². The lowest BCUT2D eigenvalue weighted by Gasteiger charge is -2.47. The first-order chi connectivity index (χ1) is 9.17. The molecule has 0 aliphatic heterocycles. The molecule has 2 rings (SSSR count). The van der Waals surface area contributed by atoms with E-state index < -0.39 is 0 Å². The molecule has 0 aromatic heterocycles. The third-order valence-electron chi connectivity index (χ3n) is 4.63. The molecular weight excluding hydrogens is 236 g/mol. The van der Waals surface area contributed by atoms with Gasteiger partial charge >= 0.3 is 0 Å². The van der Waals surface area contributed by atoms with E-state index in [9.17, 15) is 4.79 Å². The summed E-state index contributed by atoms with van der Waals surface area (Å²) >= 11 is 0. The Labute approximate surface area is 116 Å². The van der Waals surface area contributed by atoms with Crippen LogP contribution in [0.4, 0.5) is 0 Å². The Kier molecular flexibility index (Phi) is 4.28. The van der Waals surface area contributed by atoms with Gasteiger partial charge in [0.1, 0.15) is 11.5 Å². The molecule has 1 atom stereocenters. The third-order valence-corrected chi connectivity index (χ3v) is 4.63. The topological polar surface area (TPSA) is 26.3 Å². The molecule has 0 radical (unpaired) electrons. The lowest BCUT2D eigenvalue weighted by molar-refractivity contribution is -0.141. The number of rotatable bonds is 6. The van der Waals surface area contributed by atoms with Crippen LogP contribution in [0.5, 0.6) is 5.75 Å². The molecule has 1 aromatic carbocycles. The van der Waals surface area contributed by atoms with Crippen molar-refractivity contribution < 1.29 is 9.53 Å². The first-order valence-electron chi connectivity index (χ1n) is 7.44. The minimum Gasteiger partial charge on any atom is -0.494 e. The highest BCUT2D eigenvalue weighted by atomic mass is 16.5. The quantitative estimate of drug-likeness (QED) is 0.760. The molecule has 0 amide bonds. The second-order valence-corrected chi connectivity index (χ2v) is 5.46. The largest absolute Gasteiger partial charge is 0.494 e. The summed E-state index contributed by atoms with van der Waals surface area (Å²) in [4.78, 5) is 12.0. The van der Waals surface area contributed by atoms with E-state index in [0.29, 0.717) is 18.1 Å². The van der Waals surface area contributed by atoms with Crippen LogP contribution < -0.4 is 4.74 Å². The zero-order valence-electron chi connectivity index (χ0n) is 12.2. The highest BCUT2D eigenvalue weighted by Gasteiger charge is 2.52. The lowest BCUT2D eigenvalue weighted by Crippen LogP contribution is -2.47. The average molecular weight is 260 g/mol. The molecule has 1 aromatic rings. The summed E-state index contributed by atoms with van der Waals surface area (Å²) in [7, 11) is 0. The number of carbonyl (C=O) groups is 1. The van der Waals surface area contributed by atoms with Crippen molar-refractivity contribution in [3.8, 4) is 5.75 Å². The monoisotopic (exact) mass is 260 g/mol. The number of carbonyl (C=O) groups excluding carboxylic acids is 1. The van der Waals surface area contributed by atoms with Crippen molar-refractivity contribution in [2.45, 2.75) is 52.4 Å². The molecule has 0 heterocycles. The number of hydrogen-bond acceptors (Lipinski definition) is 2. The highest BCUT2D eigenvalue weighted by Crippen LogP contribution is 2.54. The Morgan fingerprint density at radius 1 is 1.16 bits per heavy atom. The van der Waals surface area contributed by atoms with E-state index in [1.54, 1.807) is 0 Å². The standard InChI is InChI=1S/C17H24O2/c1-4-11-19-14-9-7-13(8-10-14)15-12-16(18)17(15,5-2)6-3/h7-10,15H,4-6,11-12H2,1-3H3. The zero-order valence-corrected chi connectivity index (χ0v) is 12.2. The van der Waals surface area contributed by atoms with Gasteiger partial charge in [-0.3, -0.25) is 4.79 Å². The van der Waals surface area contributed by atoms with Gasteiger partial charge in [-0.25, -0.2) is 0 Å². The maximum atomic E-state index is 12.0. The molecule has 1 fully saturated rings. The van der Waals surface area contributed by atoms with Gasteiger partial charge in [0, 0.05) is 17.8 Å². The van der Waals surface area contributed by atoms with Crippen molar-refractivity contribution in [2.24, 2.45) is 5.41 Å². The van der Waals surface area contributed by atoms with Gasteiger partial charge in [-0.05, 0) is 37.0 Å².